The maximum atomic E-state index is 7.69. The fourth-order valence-electron chi connectivity index (χ4n) is 8.00. The van der Waals surface area contributed by atoms with E-state index in [9.17, 15) is 0 Å². The Hall–Kier alpha value is 0.801. The average Bonchev–Trinajstić information content (AvgIpc) is 3.52. The molecule has 3 aliphatic carbocycles. The molecule has 4 aliphatic rings. The molecule has 50 heavy (non-hydrogen) atoms. The van der Waals surface area contributed by atoms with Crippen LogP contribution in [0.1, 0.15) is 98.4 Å². The highest BCUT2D eigenvalue weighted by Gasteiger charge is 2.62. The zero-order valence-electron chi connectivity index (χ0n) is 29.1. The van der Waals surface area contributed by atoms with Gasteiger partial charge in [-0.3, -0.25) is 0 Å². The van der Waals surface area contributed by atoms with E-state index in [2.05, 4.69) is 91.1 Å². The van der Waals surface area contributed by atoms with E-state index in [0.717, 1.165) is 63.1 Å². The van der Waals surface area contributed by atoms with E-state index in [1.165, 1.54) is 19.3 Å². The molecule has 1 heterocycles. The van der Waals surface area contributed by atoms with Crippen LogP contribution in [0.5, 0.6) is 0 Å². The van der Waals surface area contributed by atoms with Crippen molar-refractivity contribution in [3.05, 3.63) is 12.2 Å². The molecule has 8 unspecified atom stereocenters. The molecule has 4 rings (SSSR count). The first-order chi connectivity index (χ1) is 19.3. The zero-order chi connectivity index (χ0) is 31.2. The Morgan fingerprint density at radius 2 is 1.36 bits per heavy atom. The first kappa shape index (κ1) is 60.1. The SMILES string of the molecule is C.C.C.C.C.C.C.C.CCC1(COCCC[Si](C)(O[Si](C)(O[SiH](C)O[Si](C)(C)C)C2CC3CC2C2C=CCC32)O[Si](C)(C)[Si](C)(C)C)COC1. The van der Waals surface area contributed by atoms with Gasteiger partial charge in [0.15, 0.2) is 16.2 Å². The molecule has 12 heteroatoms. The smallest absolute Gasteiger partial charge is 0.320 e. The van der Waals surface area contributed by atoms with Gasteiger partial charge in [0.2, 0.25) is 0 Å². The van der Waals surface area contributed by atoms with Crippen LogP contribution in [0.3, 0.4) is 0 Å². The average molecular weight is 818 g/mol. The van der Waals surface area contributed by atoms with Crippen molar-refractivity contribution in [3.8, 4) is 0 Å². The molecule has 308 valence electrons. The van der Waals surface area contributed by atoms with Gasteiger partial charge in [-0.25, -0.2) is 0 Å². The molecular formula is C38H96O6Si6. The number of hydrogen-bond acceptors (Lipinski definition) is 6. The lowest BCUT2D eigenvalue weighted by Gasteiger charge is -2.49. The molecular weight excluding hydrogens is 721 g/mol. The molecule has 1 saturated heterocycles. The number of fused-ring (bicyclic) bond motifs is 5. The van der Waals surface area contributed by atoms with Gasteiger partial charge in [-0.1, -0.05) is 98.1 Å². The molecule has 1 aliphatic heterocycles. The summed E-state index contributed by atoms with van der Waals surface area (Å²) in [4.78, 5) is 0. The molecule has 0 aromatic carbocycles. The maximum absolute atomic E-state index is 7.69. The molecule has 0 spiro atoms. The molecule has 2 bridgehead atoms. The van der Waals surface area contributed by atoms with E-state index in [0.29, 0.717) is 11.5 Å². The number of ether oxygens (including phenoxy) is 2. The van der Waals surface area contributed by atoms with Gasteiger partial charge in [-0.05, 0) is 114 Å². The molecule has 8 atom stereocenters. The quantitative estimate of drug-likeness (QED) is 0.0828. The summed E-state index contributed by atoms with van der Waals surface area (Å²) in [6.07, 6.45) is 11.0. The van der Waals surface area contributed by atoms with Gasteiger partial charge in [0.05, 0.1) is 27.4 Å². The highest BCUT2D eigenvalue weighted by Crippen LogP contribution is 2.64. The van der Waals surface area contributed by atoms with E-state index >= 15 is 0 Å². The van der Waals surface area contributed by atoms with Crippen molar-refractivity contribution in [1.82, 2.24) is 0 Å². The Kier molecular flexibility index (Phi) is 26.9. The summed E-state index contributed by atoms with van der Waals surface area (Å²) >= 11 is 0. The van der Waals surface area contributed by atoms with Crippen LogP contribution in [0.15, 0.2) is 12.2 Å². The predicted molar refractivity (Wildman–Crippen MR) is 243 cm³/mol. The van der Waals surface area contributed by atoms with Crippen molar-refractivity contribution < 1.29 is 25.9 Å². The Morgan fingerprint density at radius 3 is 1.84 bits per heavy atom. The third kappa shape index (κ3) is 14.1. The van der Waals surface area contributed by atoms with Crippen molar-refractivity contribution in [2.24, 2.45) is 29.1 Å². The minimum absolute atomic E-state index is 0. The standard InChI is InChI=1S/C30H64O6Si6.8CH4/c1-13-30(23-32-24-30)22-31-18-15-19-41(11,35-40(9,10)39(6,7)8)36-42(12,34-37(2)33-38(3,4)5)29-21-25-20-28(29)27-17-14-16-26(25)27;;;;;;;;/h14,17,25-29,37H,13,15-16,18-24H2,1-12H3;8*1H4. The molecule has 0 N–H and O–H groups in total. The predicted octanol–water partition coefficient (Wildman–Crippen LogP) is 13.0. The van der Waals surface area contributed by atoms with E-state index in [4.69, 9.17) is 25.9 Å². The first-order valence-electron chi connectivity index (χ1n) is 16.9. The van der Waals surface area contributed by atoms with Gasteiger partial charge in [0.1, 0.15) is 0 Å². The van der Waals surface area contributed by atoms with Crippen molar-refractivity contribution in [1.29, 1.82) is 0 Å². The summed E-state index contributed by atoms with van der Waals surface area (Å²) in [6, 6.07) is 0.965. The van der Waals surface area contributed by atoms with E-state index in [1.807, 2.05) is 0 Å². The molecule has 2 saturated carbocycles. The summed E-state index contributed by atoms with van der Waals surface area (Å²) in [5.74, 6) is 3.10. The topological polar surface area (TPSA) is 55.4 Å². The monoisotopic (exact) mass is 817 g/mol. The van der Waals surface area contributed by atoms with E-state index < -0.39 is 50.1 Å². The molecule has 6 nitrogen and oxygen atoms in total. The second kappa shape index (κ2) is 22.4. The van der Waals surface area contributed by atoms with Crippen molar-refractivity contribution in [3.63, 3.8) is 0 Å². The Morgan fingerprint density at radius 1 is 0.780 bits per heavy atom. The number of allylic oxidation sites excluding steroid dienone is 2. The van der Waals surface area contributed by atoms with Crippen LogP contribution in [0, 0.1) is 29.1 Å². The Labute approximate surface area is 324 Å². The van der Waals surface area contributed by atoms with Crippen LogP contribution >= 0.6 is 0 Å². The summed E-state index contributed by atoms with van der Waals surface area (Å²) in [5.41, 5.74) is 0.753. The first-order valence-corrected chi connectivity index (χ1v) is 34.7. The van der Waals surface area contributed by atoms with Gasteiger partial charge in [0, 0.05) is 17.6 Å². The molecule has 0 aromatic rings. The maximum Gasteiger partial charge on any atom is 0.320 e. The minimum Gasteiger partial charge on any atom is -0.439 e. The molecule has 0 amide bonds. The molecule has 3 fully saturated rings. The van der Waals surface area contributed by atoms with Crippen LogP contribution < -0.4 is 0 Å². The van der Waals surface area contributed by atoms with Gasteiger partial charge < -0.3 is 25.9 Å². The van der Waals surface area contributed by atoms with Crippen molar-refractivity contribution in [2.75, 3.05) is 26.4 Å². The van der Waals surface area contributed by atoms with E-state index in [-0.39, 0.29) is 64.8 Å². The minimum atomic E-state index is -2.65. The summed E-state index contributed by atoms with van der Waals surface area (Å²) < 4.78 is 40.9. The second-order valence-corrected chi connectivity index (χ2v) is 47.0. The lowest BCUT2D eigenvalue weighted by molar-refractivity contribution is -0.150. The van der Waals surface area contributed by atoms with Gasteiger partial charge in [0.25, 0.3) is 9.28 Å². The van der Waals surface area contributed by atoms with Gasteiger partial charge >= 0.3 is 17.1 Å². The fourth-order valence-corrected chi connectivity index (χ4v) is 34.9. The summed E-state index contributed by atoms with van der Waals surface area (Å²) in [6.45, 7) is 31.7. The van der Waals surface area contributed by atoms with Gasteiger partial charge in [-0.2, -0.15) is 0 Å². The highest BCUT2D eigenvalue weighted by molar-refractivity contribution is 7.38. The largest absolute Gasteiger partial charge is 0.439 e. The second-order valence-electron chi connectivity index (χ2n) is 16.9. The molecule has 0 radical (unpaired) electrons. The summed E-state index contributed by atoms with van der Waals surface area (Å²) in [7, 11) is -12.2. The van der Waals surface area contributed by atoms with Crippen LogP contribution in [-0.2, 0) is 25.9 Å². The van der Waals surface area contributed by atoms with E-state index in [1.54, 1.807) is 0 Å². The number of hydrogen-bond donors (Lipinski definition) is 0. The normalized spacial score (nSPS) is 27.2. The van der Waals surface area contributed by atoms with Crippen LogP contribution in [0.25, 0.3) is 0 Å². The lowest BCUT2D eigenvalue weighted by Crippen LogP contribution is -2.65. The summed E-state index contributed by atoms with van der Waals surface area (Å²) in [5, 5.41) is 0. The lowest BCUT2D eigenvalue weighted by atomic mass is 9.81. The van der Waals surface area contributed by atoms with Crippen molar-refractivity contribution in [2.45, 2.75) is 182 Å². The fraction of sp³-hybridized carbons (Fsp3) is 0.947. The van der Waals surface area contributed by atoms with Crippen molar-refractivity contribution >= 4 is 50.1 Å². The third-order valence-electron chi connectivity index (χ3n) is 11.2. The van der Waals surface area contributed by atoms with Crippen LogP contribution in [-0.4, -0.2) is 76.6 Å². The molecule has 0 aromatic heterocycles. The third-order valence-corrected chi connectivity index (χ3v) is 44.3. The zero-order valence-corrected chi connectivity index (χ0v) is 35.3. The highest BCUT2D eigenvalue weighted by atomic mass is 29.3. The Balaban J connectivity index is -0.000000844. The van der Waals surface area contributed by atoms with Crippen LogP contribution in [0.4, 0.5) is 0 Å². The van der Waals surface area contributed by atoms with Crippen LogP contribution in [0.2, 0.25) is 83.6 Å². The Bertz CT molecular complexity index is 948. The number of rotatable bonds is 17. The van der Waals surface area contributed by atoms with Gasteiger partial charge in [-0.15, -0.1) is 0 Å².